The number of para-hydroxylation sites is 1. The van der Waals surface area contributed by atoms with Crippen LogP contribution in [0.25, 0.3) is 16.7 Å². The van der Waals surface area contributed by atoms with Crippen LogP contribution < -0.4 is 21.4 Å². The molecule has 11 heteroatoms. The Labute approximate surface area is 216 Å². The first-order valence-electron chi connectivity index (χ1n) is 11.7. The number of rotatable bonds is 4. The Balaban J connectivity index is 1.27. The molecule has 9 nitrogen and oxygen atoms in total. The van der Waals surface area contributed by atoms with E-state index < -0.39 is 5.69 Å². The van der Waals surface area contributed by atoms with Crippen LogP contribution in [0.15, 0.2) is 53.5 Å². The molecule has 0 aliphatic carbocycles. The van der Waals surface area contributed by atoms with E-state index in [9.17, 15) is 4.79 Å². The number of nitrogens with zero attached hydrogens (tertiary/aromatic N) is 5. The molecule has 36 heavy (non-hydrogen) atoms. The first-order chi connectivity index (χ1) is 17.4. The van der Waals surface area contributed by atoms with Gasteiger partial charge in [-0.05, 0) is 55.8 Å². The van der Waals surface area contributed by atoms with Crippen LogP contribution in [-0.4, -0.2) is 57.1 Å². The Bertz CT molecular complexity index is 1560. The normalized spacial score (nSPS) is 19.7. The fourth-order valence-electron chi connectivity index (χ4n) is 5.36. The van der Waals surface area contributed by atoms with Gasteiger partial charge in [0.05, 0.1) is 21.1 Å². The molecule has 0 spiro atoms. The number of nitrogens with one attached hydrogen (secondary N) is 3. The Hall–Kier alpha value is -3.40. The highest BCUT2D eigenvalue weighted by Gasteiger charge is 2.39. The second-order valence-corrected chi connectivity index (χ2v) is 10.2. The quantitative estimate of drug-likeness (QED) is 0.376. The van der Waals surface area contributed by atoms with E-state index in [1.807, 2.05) is 12.1 Å². The Morgan fingerprint density at radius 1 is 1.11 bits per heavy atom. The number of likely N-dealkylation sites (N-methyl/N-ethyl adjacent to an activating group) is 1. The highest BCUT2D eigenvalue weighted by molar-refractivity contribution is 6.37. The van der Waals surface area contributed by atoms with E-state index in [0.29, 0.717) is 17.4 Å². The van der Waals surface area contributed by atoms with Crippen molar-refractivity contribution < 1.29 is 0 Å². The monoisotopic (exact) mass is 522 g/mol. The molecular formula is C25H24Cl2N8O. The summed E-state index contributed by atoms with van der Waals surface area (Å²) in [4.78, 5) is 29.3. The topological polar surface area (TPSA) is 106 Å². The number of likely N-dealkylation sites (tertiary alicyclic amines) is 1. The molecule has 2 saturated heterocycles. The summed E-state index contributed by atoms with van der Waals surface area (Å²) in [6.45, 7) is 3.37. The molecule has 3 N–H and O–H groups in total. The van der Waals surface area contributed by atoms with Crippen molar-refractivity contribution in [2.75, 3.05) is 36.9 Å². The van der Waals surface area contributed by atoms with E-state index in [-0.39, 0.29) is 26.9 Å². The van der Waals surface area contributed by atoms with Gasteiger partial charge in [-0.25, -0.2) is 14.3 Å². The van der Waals surface area contributed by atoms with Gasteiger partial charge >= 0.3 is 5.69 Å². The molecule has 0 amide bonds. The van der Waals surface area contributed by atoms with Gasteiger partial charge in [-0.1, -0.05) is 29.3 Å². The van der Waals surface area contributed by atoms with Crippen LogP contribution in [0.4, 0.5) is 17.3 Å². The number of halogens is 2. The number of H-pyrrole nitrogens is 1. The van der Waals surface area contributed by atoms with Gasteiger partial charge in [-0.2, -0.15) is 4.98 Å². The molecule has 4 aromatic rings. The third-order valence-electron chi connectivity index (χ3n) is 7.04. The van der Waals surface area contributed by atoms with E-state index >= 15 is 0 Å². The fourth-order valence-corrected chi connectivity index (χ4v) is 5.93. The van der Waals surface area contributed by atoms with E-state index in [1.54, 1.807) is 18.2 Å². The highest BCUT2D eigenvalue weighted by atomic mass is 35.5. The van der Waals surface area contributed by atoms with Crippen molar-refractivity contribution in [3.05, 3.63) is 74.7 Å². The predicted molar refractivity (Wildman–Crippen MR) is 142 cm³/mol. The Morgan fingerprint density at radius 3 is 2.61 bits per heavy atom. The highest BCUT2D eigenvalue weighted by Crippen LogP contribution is 2.35. The standard InChI is InChI=1S/C25H24Cl2N8O/c1-33-12-14-9-10-34(20(14)13-33)16-7-5-15(6-8-16)30-24-29-11-17-22(28)35(25(36)32-23(17)31-24)21-18(26)3-2-4-19(21)27/h2-8,11,14,20,28H,9-10,12-13H2,1H3,(H2,29,30,31,32,36). The van der Waals surface area contributed by atoms with E-state index in [1.165, 1.54) is 24.8 Å². The SMILES string of the molecule is CN1CC2CCN(c3ccc(Nc4ncc5c(=N)n(-c6c(Cl)cccc6Cl)c(=O)[nH]c5n4)cc3)C2C1. The van der Waals surface area contributed by atoms with Crippen LogP contribution >= 0.6 is 23.2 Å². The van der Waals surface area contributed by atoms with Crippen molar-refractivity contribution in [2.24, 2.45) is 5.92 Å². The number of fused-ring (bicyclic) bond motifs is 2. The zero-order valence-corrected chi connectivity index (χ0v) is 21.0. The molecule has 2 aromatic carbocycles. The average molecular weight is 523 g/mol. The molecule has 2 aliphatic heterocycles. The van der Waals surface area contributed by atoms with Crippen LogP contribution in [0.2, 0.25) is 10.0 Å². The van der Waals surface area contributed by atoms with E-state index in [2.05, 4.69) is 49.2 Å². The maximum absolute atomic E-state index is 12.9. The minimum absolute atomic E-state index is 0.110. The first kappa shape index (κ1) is 23.0. The molecule has 4 heterocycles. The molecule has 2 aromatic heterocycles. The largest absolute Gasteiger partial charge is 0.367 e. The van der Waals surface area contributed by atoms with E-state index in [0.717, 1.165) is 29.3 Å². The third-order valence-corrected chi connectivity index (χ3v) is 7.65. The van der Waals surface area contributed by atoms with Crippen LogP contribution in [0, 0.1) is 11.3 Å². The molecule has 6 rings (SSSR count). The molecule has 0 radical (unpaired) electrons. The lowest BCUT2D eigenvalue weighted by molar-refractivity contribution is 0.386. The maximum atomic E-state index is 12.9. The van der Waals surface area contributed by atoms with Crippen LogP contribution in [0.5, 0.6) is 0 Å². The van der Waals surface area contributed by atoms with Gasteiger partial charge in [0, 0.05) is 43.2 Å². The number of benzene rings is 2. The zero-order valence-electron chi connectivity index (χ0n) is 19.5. The van der Waals surface area contributed by atoms with Gasteiger partial charge in [0.15, 0.2) is 5.65 Å². The summed E-state index contributed by atoms with van der Waals surface area (Å²) >= 11 is 12.5. The smallest absolute Gasteiger partial charge is 0.333 e. The summed E-state index contributed by atoms with van der Waals surface area (Å²) < 4.78 is 1.12. The molecule has 2 fully saturated rings. The van der Waals surface area contributed by atoms with Crippen LogP contribution in [0.1, 0.15) is 6.42 Å². The Kier molecular flexibility index (Phi) is 5.70. The zero-order chi connectivity index (χ0) is 25.0. The first-order valence-corrected chi connectivity index (χ1v) is 12.5. The summed E-state index contributed by atoms with van der Waals surface area (Å²) in [7, 11) is 2.19. The molecule has 184 valence electrons. The second-order valence-electron chi connectivity index (χ2n) is 9.34. The molecule has 2 atom stereocenters. The van der Waals surface area contributed by atoms with Gasteiger partial charge in [-0.15, -0.1) is 0 Å². The molecule has 2 unspecified atom stereocenters. The number of aromatic nitrogens is 4. The summed E-state index contributed by atoms with van der Waals surface area (Å²) in [6, 6.07) is 13.7. The lowest BCUT2D eigenvalue weighted by atomic mass is 10.0. The van der Waals surface area contributed by atoms with Crippen LogP contribution in [-0.2, 0) is 0 Å². The molecular weight excluding hydrogens is 499 g/mol. The number of hydrogen-bond acceptors (Lipinski definition) is 7. The van der Waals surface area contributed by atoms with Gasteiger partial charge in [0.25, 0.3) is 0 Å². The maximum Gasteiger partial charge on any atom is 0.333 e. The number of hydrogen-bond donors (Lipinski definition) is 3. The van der Waals surface area contributed by atoms with Crippen molar-refractivity contribution in [1.29, 1.82) is 5.41 Å². The predicted octanol–water partition coefficient (Wildman–Crippen LogP) is 3.78. The molecule has 0 saturated carbocycles. The minimum atomic E-state index is -0.571. The summed E-state index contributed by atoms with van der Waals surface area (Å²) in [5.41, 5.74) is 1.85. The van der Waals surface area contributed by atoms with E-state index in [4.69, 9.17) is 28.6 Å². The summed E-state index contributed by atoms with van der Waals surface area (Å²) in [6.07, 6.45) is 2.73. The summed E-state index contributed by atoms with van der Waals surface area (Å²) in [5, 5.41) is 12.7. The molecule has 2 aliphatic rings. The number of aromatic amines is 1. The van der Waals surface area contributed by atoms with Crippen molar-refractivity contribution in [2.45, 2.75) is 12.5 Å². The lowest BCUT2D eigenvalue weighted by Gasteiger charge is -2.26. The summed E-state index contributed by atoms with van der Waals surface area (Å²) in [5.74, 6) is 1.06. The second kappa shape index (κ2) is 8.92. The lowest BCUT2D eigenvalue weighted by Crippen LogP contribution is -2.34. The fraction of sp³-hybridized carbons (Fsp3) is 0.280. The van der Waals surface area contributed by atoms with Crippen molar-refractivity contribution in [1.82, 2.24) is 24.4 Å². The van der Waals surface area contributed by atoms with Gasteiger partial charge < -0.3 is 15.1 Å². The van der Waals surface area contributed by atoms with Gasteiger partial charge in [-0.3, -0.25) is 10.4 Å². The van der Waals surface area contributed by atoms with Crippen molar-refractivity contribution in [3.8, 4) is 5.69 Å². The third kappa shape index (κ3) is 3.93. The number of anilines is 3. The minimum Gasteiger partial charge on any atom is -0.367 e. The van der Waals surface area contributed by atoms with Crippen molar-refractivity contribution in [3.63, 3.8) is 0 Å². The van der Waals surface area contributed by atoms with Gasteiger partial charge in [0.1, 0.15) is 5.49 Å². The van der Waals surface area contributed by atoms with Crippen LogP contribution in [0.3, 0.4) is 0 Å². The average Bonchev–Trinajstić information content (AvgIpc) is 3.40. The molecule has 0 bridgehead atoms. The van der Waals surface area contributed by atoms with Gasteiger partial charge in [0.2, 0.25) is 5.95 Å². The Morgan fingerprint density at radius 2 is 1.86 bits per heavy atom. The van der Waals surface area contributed by atoms with Crippen molar-refractivity contribution >= 4 is 51.6 Å².